The van der Waals surface area contributed by atoms with Gasteiger partial charge < -0.3 is 19.9 Å². The standard InChI is InChI=1S/C18H25BrN4O2.HI/c1-5-20-18(22-11-14-9-16(12(2)3)23-25-14)21-10-13-6-7-17(24-4)15(19)8-13;/h6-9,12H,5,10-11H2,1-4H3,(H2,20,21,22);1H. The molecule has 6 nitrogen and oxygen atoms in total. The van der Waals surface area contributed by atoms with Gasteiger partial charge in [-0.15, -0.1) is 24.0 Å². The van der Waals surface area contributed by atoms with E-state index in [4.69, 9.17) is 9.26 Å². The van der Waals surface area contributed by atoms with Gasteiger partial charge in [-0.2, -0.15) is 0 Å². The summed E-state index contributed by atoms with van der Waals surface area (Å²) in [5.74, 6) is 2.69. The third-order valence-electron chi connectivity index (χ3n) is 3.58. The average molecular weight is 537 g/mol. The van der Waals surface area contributed by atoms with Crippen molar-refractivity contribution in [2.75, 3.05) is 13.7 Å². The topological polar surface area (TPSA) is 71.7 Å². The van der Waals surface area contributed by atoms with Crippen LogP contribution in [0.1, 0.15) is 43.7 Å². The number of rotatable bonds is 7. The molecular formula is C18H26BrIN4O2. The summed E-state index contributed by atoms with van der Waals surface area (Å²) >= 11 is 3.50. The Labute approximate surface area is 180 Å². The zero-order valence-electron chi connectivity index (χ0n) is 15.5. The molecule has 0 atom stereocenters. The zero-order valence-corrected chi connectivity index (χ0v) is 19.4. The fourth-order valence-corrected chi connectivity index (χ4v) is 2.76. The van der Waals surface area contributed by atoms with Crippen molar-refractivity contribution >= 4 is 45.9 Å². The molecule has 2 N–H and O–H groups in total. The highest BCUT2D eigenvalue weighted by Crippen LogP contribution is 2.25. The van der Waals surface area contributed by atoms with Crippen LogP contribution in [0.4, 0.5) is 0 Å². The van der Waals surface area contributed by atoms with Crippen LogP contribution in [0.2, 0.25) is 0 Å². The van der Waals surface area contributed by atoms with E-state index in [2.05, 4.69) is 50.6 Å². The molecule has 0 aliphatic heterocycles. The van der Waals surface area contributed by atoms with Gasteiger partial charge in [-0.05, 0) is 46.5 Å². The van der Waals surface area contributed by atoms with Gasteiger partial charge in [0, 0.05) is 12.6 Å². The van der Waals surface area contributed by atoms with E-state index >= 15 is 0 Å². The maximum Gasteiger partial charge on any atom is 0.191 e. The molecule has 2 rings (SSSR count). The van der Waals surface area contributed by atoms with Crippen LogP contribution in [0.5, 0.6) is 5.75 Å². The highest BCUT2D eigenvalue weighted by atomic mass is 127. The van der Waals surface area contributed by atoms with Gasteiger partial charge >= 0.3 is 0 Å². The highest BCUT2D eigenvalue weighted by molar-refractivity contribution is 14.0. The van der Waals surface area contributed by atoms with Gasteiger partial charge in [-0.3, -0.25) is 0 Å². The third-order valence-corrected chi connectivity index (χ3v) is 4.20. The molecule has 1 aromatic heterocycles. The molecule has 0 unspecified atom stereocenters. The van der Waals surface area contributed by atoms with Crippen molar-refractivity contribution in [3.8, 4) is 5.75 Å². The van der Waals surface area contributed by atoms with E-state index in [1.54, 1.807) is 7.11 Å². The lowest BCUT2D eigenvalue weighted by atomic mass is 10.1. The molecular weight excluding hydrogens is 511 g/mol. The van der Waals surface area contributed by atoms with E-state index in [0.717, 1.165) is 39.7 Å². The second-order valence-corrected chi connectivity index (χ2v) is 6.74. The summed E-state index contributed by atoms with van der Waals surface area (Å²) in [4.78, 5) is 4.61. The molecule has 0 amide bonds. The van der Waals surface area contributed by atoms with E-state index < -0.39 is 0 Å². The summed E-state index contributed by atoms with van der Waals surface area (Å²) in [6, 6.07) is 7.92. The Hall–Kier alpha value is -1.29. The molecule has 0 spiro atoms. The van der Waals surface area contributed by atoms with Gasteiger partial charge in [0.15, 0.2) is 11.7 Å². The Bertz CT molecular complexity index is 719. The Kier molecular flexibility index (Phi) is 10.0. The fraction of sp³-hybridized carbons (Fsp3) is 0.444. The highest BCUT2D eigenvalue weighted by Gasteiger charge is 2.08. The van der Waals surface area contributed by atoms with Crippen molar-refractivity contribution < 1.29 is 9.26 Å². The van der Waals surface area contributed by atoms with Crippen LogP contribution in [0.3, 0.4) is 0 Å². The first kappa shape index (κ1) is 22.8. The van der Waals surface area contributed by atoms with Crippen LogP contribution in [0, 0.1) is 0 Å². The first-order chi connectivity index (χ1) is 12.0. The molecule has 2 aromatic rings. The van der Waals surface area contributed by atoms with Crippen molar-refractivity contribution in [1.82, 2.24) is 15.8 Å². The predicted molar refractivity (Wildman–Crippen MR) is 118 cm³/mol. The first-order valence-corrected chi connectivity index (χ1v) is 9.12. The van der Waals surface area contributed by atoms with Crippen LogP contribution in [-0.4, -0.2) is 24.8 Å². The Morgan fingerprint density at radius 1 is 1.31 bits per heavy atom. The number of aliphatic imine (C=N–C) groups is 1. The molecule has 0 aliphatic carbocycles. The summed E-state index contributed by atoms with van der Waals surface area (Å²) in [7, 11) is 1.65. The number of hydrogen-bond donors (Lipinski definition) is 2. The van der Waals surface area contributed by atoms with Crippen molar-refractivity contribution in [3.05, 3.63) is 45.8 Å². The van der Waals surface area contributed by atoms with Gasteiger partial charge in [0.1, 0.15) is 5.75 Å². The quantitative estimate of drug-likeness (QED) is 0.311. The van der Waals surface area contributed by atoms with Crippen molar-refractivity contribution in [2.45, 2.75) is 39.8 Å². The Morgan fingerprint density at radius 2 is 2.08 bits per heavy atom. The first-order valence-electron chi connectivity index (χ1n) is 8.33. The molecule has 144 valence electrons. The van der Waals surface area contributed by atoms with Gasteiger partial charge in [-0.1, -0.05) is 25.1 Å². The fourth-order valence-electron chi connectivity index (χ4n) is 2.18. The minimum absolute atomic E-state index is 0. The number of ether oxygens (including phenoxy) is 1. The molecule has 0 bridgehead atoms. The average Bonchev–Trinajstić information content (AvgIpc) is 3.07. The monoisotopic (exact) mass is 536 g/mol. The minimum atomic E-state index is 0. The Morgan fingerprint density at radius 3 is 2.65 bits per heavy atom. The summed E-state index contributed by atoms with van der Waals surface area (Å²) < 4.78 is 11.5. The largest absolute Gasteiger partial charge is 0.496 e. The van der Waals surface area contributed by atoms with Crippen LogP contribution in [0.25, 0.3) is 0 Å². The molecule has 8 heteroatoms. The molecule has 26 heavy (non-hydrogen) atoms. The molecule has 1 heterocycles. The number of benzene rings is 1. The number of hydrogen-bond acceptors (Lipinski definition) is 4. The molecule has 0 fully saturated rings. The molecule has 0 saturated carbocycles. The van der Waals surface area contributed by atoms with E-state index in [-0.39, 0.29) is 24.0 Å². The number of methoxy groups -OCH3 is 1. The van der Waals surface area contributed by atoms with E-state index in [1.165, 1.54) is 0 Å². The lowest BCUT2D eigenvalue weighted by Gasteiger charge is -2.10. The van der Waals surface area contributed by atoms with Crippen LogP contribution in [0.15, 0.2) is 38.3 Å². The van der Waals surface area contributed by atoms with Crippen LogP contribution >= 0.6 is 39.9 Å². The smallest absolute Gasteiger partial charge is 0.191 e. The third kappa shape index (κ3) is 6.79. The lowest BCUT2D eigenvalue weighted by molar-refractivity contribution is 0.372. The minimum Gasteiger partial charge on any atom is -0.496 e. The second-order valence-electron chi connectivity index (χ2n) is 5.89. The van der Waals surface area contributed by atoms with E-state index in [1.807, 2.05) is 31.2 Å². The van der Waals surface area contributed by atoms with Gasteiger partial charge in [0.05, 0.1) is 30.4 Å². The predicted octanol–water partition coefficient (Wildman–Crippen LogP) is 4.44. The summed E-state index contributed by atoms with van der Waals surface area (Å²) in [5.41, 5.74) is 2.05. The maximum atomic E-state index is 5.34. The van der Waals surface area contributed by atoms with Crippen LogP contribution in [-0.2, 0) is 13.1 Å². The van der Waals surface area contributed by atoms with Crippen molar-refractivity contribution in [1.29, 1.82) is 0 Å². The number of nitrogens with zero attached hydrogens (tertiary/aromatic N) is 2. The van der Waals surface area contributed by atoms with Crippen molar-refractivity contribution in [3.63, 3.8) is 0 Å². The molecule has 1 aromatic carbocycles. The number of halogens is 2. The molecule has 0 radical (unpaired) electrons. The van der Waals surface area contributed by atoms with Crippen LogP contribution < -0.4 is 15.4 Å². The Balaban J connectivity index is 0.00000338. The second kappa shape index (κ2) is 11.4. The summed E-state index contributed by atoms with van der Waals surface area (Å²) in [6.45, 7) is 8.10. The molecule has 0 saturated heterocycles. The number of aromatic nitrogens is 1. The lowest BCUT2D eigenvalue weighted by Crippen LogP contribution is -2.36. The summed E-state index contributed by atoms with van der Waals surface area (Å²) in [5, 5.41) is 10.6. The summed E-state index contributed by atoms with van der Waals surface area (Å²) in [6.07, 6.45) is 0. The van der Waals surface area contributed by atoms with E-state index in [9.17, 15) is 0 Å². The van der Waals surface area contributed by atoms with Gasteiger partial charge in [0.25, 0.3) is 0 Å². The normalized spacial score (nSPS) is 11.2. The zero-order chi connectivity index (χ0) is 18.2. The van der Waals surface area contributed by atoms with Gasteiger partial charge in [-0.25, -0.2) is 4.99 Å². The van der Waals surface area contributed by atoms with Crippen molar-refractivity contribution in [2.24, 2.45) is 4.99 Å². The maximum absolute atomic E-state index is 5.34. The SMILES string of the molecule is CCNC(=NCc1ccc(OC)c(Br)c1)NCc1cc(C(C)C)no1.I. The van der Waals surface area contributed by atoms with Gasteiger partial charge in [0.2, 0.25) is 0 Å². The number of guanidine groups is 1. The number of nitrogens with one attached hydrogen (secondary N) is 2. The van der Waals surface area contributed by atoms with E-state index in [0.29, 0.717) is 19.0 Å². The molecule has 0 aliphatic rings.